The van der Waals surface area contributed by atoms with Crippen LogP contribution in [-0.2, 0) is 4.74 Å². The van der Waals surface area contributed by atoms with E-state index in [0.29, 0.717) is 5.92 Å². The predicted molar refractivity (Wildman–Crippen MR) is 80.4 cm³/mol. The molecule has 0 saturated heterocycles. The summed E-state index contributed by atoms with van der Waals surface area (Å²) < 4.78 is 5.35. The first-order valence-electron chi connectivity index (χ1n) is 7.36. The Kier molecular flexibility index (Phi) is 7.42. The fourth-order valence-corrected chi connectivity index (χ4v) is 1.84. The Morgan fingerprint density at radius 3 is 2.05 bits per heavy atom. The Balaban J connectivity index is 4.48. The van der Waals surface area contributed by atoms with Crippen molar-refractivity contribution in [1.29, 1.82) is 0 Å². The van der Waals surface area contributed by atoms with Crippen LogP contribution in [0.4, 0.5) is 4.79 Å². The summed E-state index contributed by atoms with van der Waals surface area (Å²) in [7, 11) is 0. The molecule has 4 nitrogen and oxygen atoms in total. The molecule has 0 atom stereocenters. The highest BCUT2D eigenvalue weighted by molar-refractivity contribution is 5.68. The van der Waals surface area contributed by atoms with E-state index in [1.54, 1.807) is 0 Å². The van der Waals surface area contributed by atoms with E-state index in [1.807, 2.05) is 20.8 Å². The third-order valence-corrected chi connectivity index (χ3v) is 3.14. The molecule has 0 fully saturated rings. The summed E-state index contributed by atoms with van der Waals surface area (Å²) in [5, 5.41) is 6.46. The van der Waals surface area contributed by atoms with Crippen LogP contribution in [0.25, 0.3) is 0 Å². The van der Waals surface area contributed by atoms with Gasteiger partial charge in [0.25, 0.3) is 0 Å². The molecule has 0 rings (SSSR count). The van der Waals surface area contributed by atoms with Crippen molar-refractivity contribution in [3.8, 4) is 0 Å². The first-order valence-corrected chi connectivity index (χ1v) is 7.36. The van der Waals surface area contributed by atoms with Crippen molar-refractivity contribution in [3.05, 3.63) is 0 Å². The van der Waals surface area contributed by atoms with Crippen molar-refractivity contribution < 1.29 is 9.53 Å². The third kappa shape index (κ3) is 8.09. The van der Waals surface area contributed by atoms with E-state index < -0.39 is 5.60 Å². The summed E-state index contributed by atoms with van der Waals surface area (Å²) in [6.45, 7) is 15.9. The lowest BCUT2D eigenvalue weighted by Gasteiger charge is -2.34. The molecule has 4 heteroatoms. The Labute approximate surface area is 118 Å². The molecule has 0 radical (unpaired) electrons. The van der Waals surface area contributed by atoms with Gasteiger partial charge in [-0.15, -0.1) is 0 Å². The molecule has 114 valence electrons. The minimum absolute atomic E-state index is 0.225. The lowest BCUT2D eigenvalue weighted by molar-refractivity contribution is 0.0445. The second-order valence-corrected chi connectivity index (χ2v) is 6.64. The molecule has 0 aromatic heterocycles. The van der Waals surface area contributed by atoms with Gasteiger partial charge in [-0.25, -0.2) is 4.79 Å². The lowest BCUT2D eigenvalue weighted by Crippen LogP contribution is -2.55. The molecule has 0 aliphatic heterocycles. The molecule has 0 saturated carbocycles. The zero-order valence-electron chi connectivity index (χ0n) is 13.7. The van der Waals surface area contributed by atoms with Crippen LogP contribution < -0.4 is 10.6 Å². The average Bonchev–Trinajstić information content (AvgIpc) is 2.24. The summed E-state index contributed by atoms with van der Waals surface area (Å²) in [6, 6.07) is 0. The van der Waals surface area contributed by atoms with E-state index in [1.165, 1.54) is 0 Å². The van der Waals surface area contributed by atoms with Gasteiger partial charge in [-0.1, -0.05) is 27.7 Å². The van der Waals surface area contributed by atoms with E-state index in [-0.39, 0.29) is 11.6 Å². The van der Waals surface area contributed by atoms with Crippen molar-refractivity contribution >= 4 is 6.09 Å². The number of hydrogen-bond donors (Lipinski definition) is 2. The van der Waals surface area contributed by atoms with E-state index in [9.17, 15) is 4.79 Å². The quantitative estimate of drug-likeness (QED) is 0.747. The molecule has 2 N–H and O–H groups in total. The van der Waals surface area contributed by atoms with Crippen molar-refractivity contribution in [2.75, 3.05) is 13.1 Å². The van der Waals surface area contributed by atoms with Crippen molar-refractivity contribution in [2.45, 2.75) is 72.4 Å². The van der Waals surface area contributed by atoms with Gasteiger partial charge in [0, 0.05) is 6.54 Å². The summed E-state index contributed by atoms with van der Waals surface area (Å²) in [6.07, 6.45) is 1.43. The fraction of sp³-hybridized carbons (Fsp3) is 0.933. The summed E-state index contributed by atoms with van der Waals surface area (Å²) in [5.74, 6) is 0.605. The van der Waals surface area contributed by atoms with Crippen molar-refractivity contribution in [2.24, 2.45) is 5.92 Å². The lowest BCUT2D eigenvalue weighted by atomic mass is 9.92. The molecule has 0 unspecified atom stereocenters. The standard InChI is InChI=1S/C15H32N2O2/c1-8-15(9-2,11-16-10-12(3)4)17-13(18)19-14(5,6)7/h12,16H,8-11H2,1-7H3,(H,17,18). The van der Waals surface area contributed by atoms with Gasteiger partial charge in [0.1, 0.15) is 5.60 Å². The number of amides is 1. The average molecular weight is 272 g/mol. The maximum atomic E-state index is 11.9. The van der Waals surface area contributed by atoms with Gasteiger partial charge in [-0.2, -0.15) is 0 Å². The number of carbonyl (C=O) groups is 1. The van der Waals surface area contributed by atoms with Gasteiger partial charge in [-0.05, 0) is 46.1 Å². The van der Waals surface area contributed by atoms with Crippen LogP contribution in [0.3, 0.4) is 0 Å². The van der Waals surface area contributed by atoms with Gasteiger partial charge < -0.3 is 15.4 Å². The summed E-state index contributed by atoms with van der Waals surface area (Å²) in [4.78, 5) is 11.9. The van der Waals surface area contributed by atoms with Crippen LogP contribution in [0.2, 0.25) is 0 Å². The van der Waals surface area contributed by atoms with Gasteiger partial charge in [0.15, 0.2) is 0 Å². The Bertz CT molecular complexity index is 266. The van der Waals surface area contributed by atoms with Gasteiger partial charge in [-0.3, -0.25) is 0 Å². The van der Waals surface area contributed by atoms with Crippen LogP contribution in [0.15, 0.2) is 0 Å². The maximum absolute atomic E-state index is 11.9. The van der Waals surface area contributed by atoms with E-state index in [2.05, 4.69) is 38.3 Å². The molecular formula is C15H32N2O2. The predicted octanol–water partition coefficient (Wildman–Crippen LogP) is 3.32. The first kappa shape index (κ1) is 18.2. The monoisotopic (exact) mass is 272 g/mol. The zero-order chi connectivity index (χ0) is 15.1. The molecular weight excluding hydrogens is 240 g/mol. The van der Waals surface area contributed by atoms with Crippen LogP contribution in [0.5, 0.6) is 0 Å². The number of nitrogens with one attached hydrogen (secondary N) is 2. The second-order valence-electron chi connectivity index (χ2n) is 6.64. The third-order valence-electron chi connectivity index (χ3n) is 3.14. The van der Waals surface area contributed by atoms with E-state index in [4.69, 9.17) is 4.74 Å². The Morgan fingerprint density at radius 2 is 1.68 bits per heavy atom. The Morgan fingerprint density at radius 1 is 1.16 bits per heavy atom. The fourth-order valence-electron chi connectivity index (χ4n) is 1.84. The highest BCUT2D eigenvalue weighted by Gasteiger charge is 2.30. The molecule has 0 aliphatic carbocycles. The minimum atomic E-state index is -0.456. The number of rotatable bonds is 7. The van der Waals surface area contributed by atoms with Gasteiger partial charge >= 0.3 is 6.09 Å². The van der Waals surface area contributed by atoms with Gasteiger partial charge in [0.2, 0.25) is 0 Å². The molecule has 1 amide bonds. The largest absolute Gasteiger partial charge is 0.444 e. The van der Waals surface area contributed by atoms with Crippen LogP contribution in [0.1, 0.15) is 61.3 Å². The van der Waals surface area contributed by atoms with Crippen LogP contribution >= 0.6 is 0 Å². The molecule has 0 aromatic rings. The molecule has 19 heavy (non-hydrogen) atoms. The Hall–Kier alpha value is -0.770. The maximum Gasteiger partial charge on any atom is 0.408 e. The van der Waals surface area contributed by atoms with Crippen molar-refractivity contribution in [1.82, 2.24) is 10.6 Å². The zero-order valence-corrected chi connectivity index (χ0v) is 13.7. The van der Waals surface area contributed by atoms with E-state index >= 15 is 0 Å². The number of ether oxygens (including phenoxy) is 1. The summed E-state index contributed by atoms with van der Waals surface area (Å²) >= 11 is 0. The second kappa shape index (κ2) is 7.73. The molecule has 0 aromatic carbocycles. The molecule has 0 heterocycles. The topological polar surface area (TPSA) is 50.4 Å². The molecule has 0 aliphatic rings. The number of hydrogen-bond acceptors (Lipinski definition) is 3. The van der Waals surface area contributed by atoms with Crippen molar-refractivity contribution in [3.63, 3.8) is 0 Å². The number of carbonyl (C=O) groups excluding carboxylic acids is 1. The highest BCUT2D eigenvalue weighted by atomic mass is 16.6. The smallest absolute Gasteiger partial charge is 0.408 e. The van der Waals surface area contributed by atoms with Crippen LogP contribution in [0, 0.1) is 5.92 Å². The van der Waals surface area contributed by atoms with E-state index in [0.717, 1.165) is 25.9 Å². The molecule has 0 spiro atoms. The van der Waals surface area contributed by atoms with Crippen LogP contribution in [-0.4, -0.2) is 30.3 Å². The number of alkyl carbamates (subject to hydrolysis) is 1. The van der Waals surface area contributed by atoms with Gasteiger partial charge in [0.05, 0.1) is 5.54 Å². The SMILES string of the molecule is CCC(CC)(CNCC(C)C)NC(=O)OC(C)(C)C. The molecule has 0 bridgehead atoms. The highest BCUT2D eigenvalue weighted by Crippen LogP contribution is 2.16. The minimum Gasteiger partial charge on any atom is -0.444 e. The summed E-state index contributed by atoms with van der Waals surface area (Å²) in [5.41, 5.74) is -0.681. The normalized spacial score (nSPS) is 12.6. The first-order chi connectivity index (χ1) is 8.64.